The predicted octanol–water partition coefficient (Wildman–Crippen LogP) is 2.71. The Bertz CT molecular complexity index is 776. The average Bonchev–Trinajstić information content (AvgIpc) is 2.89. The van der Waals surface area contributed by atoms with Gasteiger partial charge in [0.2, 0.25) is 0 Å². The molecule has 3 aromatic rings. The van der Waals surface area contributed by atoms with E-state index in [-0.39, 0.29) is 0 Å². The molecule has 0 fully saturated rings. The van der Waals surface area contributed by atoms with Crippen molar-refractivity contribution in [3.05, 3.63) is 35.6 Å². The van der Waals surface area contributed by atoms with Gasteiger partial charge in [-0.25, -0.2) is 9.97 Å². The fourth-order valence-corrected chi connectivity index (χ4v) is 1.98. The van der Waals surface area contributed by atoms with Crippen molar-refractivity contribution in [2.45, 2.75) is 13.8 Å². The van der Waals surface area contributed by atoms with Crippen molar-refractivity contribution < 1.29 is 4.42 Å². The molecule has 1 aromatic carbocycles. The Hall–Kier alpha value is -2.61. The Balaban J connectivity index is 2.22. The van der Waals surface area contributed by atoms with Crippen LogP contribution in [0.4, 0.5) is 0 Å². The zero-order chi connectivity index (χ0) is 12.7. The van der Waals surface area contributed by atoms with E-state index >= 15 is 0 Å². The van der Waals surface area contributed by atoms with Crippen LogP contribution in [0.2, 0.25) is 0 Å². The highest BCUT2D eigenvalue weighted by Gasteiger charge is 2.11. The minimum Gasteiger partial charge on any atom is -0.441 e. The molecule has 5 nitrogen and oxygen atoms in total. The minimum atomic E-state index is 0.392. The van der Waals surface area contributed by atoms with E-state index in [4.69, 9.17) is 9.68 Å². The number of nitrogens with one attached hydrogen (secondary N) is 1. The lowest BCUT2D eigenvalue weighted by Gasteiger charge is -1.97. The number of aromatic amines is 1. The molecule has 0 atom stereocenters. The van der Waals surface area contributed by atoms with E-state index in [1.807, 2.05) is 25.1 Å². The van der Waals surface area contributed by atoms with Gasteiger partial charge in [-0.1, -0.05) is 6.07 Å². The minimum absolute atomic E-state index is 0.392. The Labute approximate surface area is 103 Å². The number of H-pyrrole nitrogens is 1. The Morgan fingerprint density at radius 2 is 2.11 bits per heavy atom. The van der Waals surface area contributed by atoms with E-state index in [9.17, 15) is 0 Å². The molecule has 0 amide bonds. The maximum Gasteiger partial charge on any atom is 0.192 e. The number of hydrogen-bond acceptors (Lipinski definition) is 4. The average molecular weight is 238 g/mol. The van der Waals surface area contributed by atoms with Gasteiger partial charge in [-0.2, -0.15) is 5.26 Å². The standard InChI is InChI=1S/C13H10N4O/c1-7-15-11(6-14)13(16-7)9-3-4-10-12(5-9)18-8(2)17-10/h3-5H,1-2H3,(H,15,16). The summed E-state index contributed by atoms with van der Waals surface area (Å²) in [4.78, 5) is 11.5. The zero-order valence-electron chi connectivity index (χ0n) is 9.98. The number of aromatic nitrogens is 3. The van der Waals surface area contributed by atoms with Gasteiger partial charge < -0.3 is 9.40 Å². The third kappa shape index (κ3) is 1.55. The smallest absolute Gasteiger partial charge is 0.192 e. The second-order valence-corrected chi connectivity index (χ2v) is 4.07. The van der Waals surface area contributed by atoms with Crippen molar-refractivity contribution in [2.24, 2.45) is 0 Å². The van der Waals surface area contributed by atoms with Crippen LogP contribution in [-0.2, 0) is 0 Å². The van der Waals surface area contributed by atoms with Crippen molar-refractivity contribution in [2.75, 3.05) is 0 Å². The van der Waals surface area contributed by atoms with Crippen molar-refractivity contribution in [1.29, 1.82) is 5.26 Å². The van der Waals surface area contributed by atoms with Gasteiger partial charge in [0.05, 0.1) is 5.69 Å². The lowest BCUT2D eigenvalue weighted by Crippen LogP contribution is -1.82. The van der Waals surface area contributed by atoms with Gasteiger partial charge >= 0.3 is 0 Å². The molecule has 1 N–H and O–H groups in total. The molecule has 0 saturated carbocycles. The molecule has 2 aromatic heterocycles. The summed E-state index contributed by atoms with van der Waals surface area (Å²) in [5, 5.41) is 9.04. The van der Waals surface area contributed by atoms with Gasteiger partial charge in [-0.3, -0.25) is 0 Å². The molecule has 0 unspecified atom stereocenters. The number of nitriles is 1. The van der Waals surface area contributed by atoms with Crippen molar-refractivity contribution in [3.8, 4) is 17.3 Å². The van der Waals surface area contributed by atoms with E-state index in [0.717, 1.165) is 16.9 Å². The number of hydrogen-bond donors (Lipinski definition) is 1. The lowest BCUT2D eigenvalue weighted by molar-refractivity contribution is 0.561. The van der Waals surface area contributed by atoms with Crippen LogP contribution in [0.15, 0.2) is 22.6 Å². The first-order valence-electron chi connectivity index (χ1n) is 5.51. The van der Waals surface area contributed by atoms with E-state index in [1.165, 1.54) is 0 Å². The molecule has 0 aliphatic heterocycles. The van der Waals surface area contributed by atoms with Gasteiger partial charge in [0.25, 0.3) is 0 Å². The van der Waals surface area contributed by atoms with Gasteiger partial charge in [0.15, 0.2) is 17.2 Å². The van der Waals surface area contributed by atoms with Crippen LogP contribution < -0.4 is 0 Å². The first kappa shape index (κ1) is 10.5. The van der Waals surface area contributed by atoms with Crippen LogP contribution in [0.25, 0.3) is 22.4 Å². The second-order valence-electron chi connectivity index (χ2n) is 4.07. The molecule has 0 spiro atoms. The van der Waals surface area contributed by atoms with E-state index in [2.05, 4.69) is 21.0 Å². The molecule has 2 heterocycles. The van der Waals surface area contributed by atoms with E-state index in [1.54, 1.807) is 6.92 Å². The van der Waals surface area contributed by atoms with E-state index in [0.29, 0.717) is 22.9 Å². The van der Waals surface area contributed by atoms with Crippen LogP contribution in [0, 0.1) is 25.2 Å². The highest BCUT2D eigenvalue weighted by atomic mass is 16.3. The van der Waals surface area contributed by atoms with Crippen molar-refractivity contribution in [3.63, 3.8) is 0 Å². The number of benzene rings is 1. The highest BCUT2D eigenvalue weighted by molar-refractivity contribution is 5.80. The summed E-state index contributed by atoms with van der Waals surface area (Å²) in [7, 11) is 0. The normalized spacial score (nSPS) is 10.7. The monoisotopic (exact) mass is 238 g/mol. The third-order valence-electron chi connectivity index (χ3n) is 2.71. The van der Waals surface area contributed by atoms with Crippen LogP contribution in [-0.4, -0.2) is 15.0 Å². The Morgan fingerprint density at radius 3 is 2.89 bits per heavy atom. The molecule has 0 bridgehead atoms. The van der Waals surface area contributed by atoms with Crippen molar-refractivity contribution in [1.82, 2.24) is 15.0 Å². The number of rotatable bonds is 1. The summed E-state index contributed by atoms with van der Waals surface area (Å²) in [5.41, 5.74) is 3.50. The van der Waals surface area contributed by atoms with E-state index < -0.39 is 0 Å². The zero-order valence-corrected chi connectivity index (χ0v) is 9.98. The fourth-order valence-electron chi connectivity index (χ4n) is 1.98. The molecule has 18 heavy (non-hydrogen) atoms. The van der Waals surface area contributed by atoms with Crippen molar-refractivity contribution >= 4 is 11.1 Å². The number of fused-ring (bicyclic) bond motifs is 1. The molecular weight excluding hydrogens is 228 g/mol. The summed E-state index contributed by atoms with van der Waals surface area (Å²) in [6.07, 6.45) is 0. The van der Waals surface area contributed by atoms with Gasteiger partial charge in [0, 0.05) is 12.5 Å². The Morgan fingerprint density at radius 1 is 1.28 bits per heavy atom. The molecule has 0 radical (unpaired) electrons. The highest BCUT2D eigenvalue weighted by Crippen LogP contribution is 2.25. The molecule has 3 rings (SSSR count). The summed E-state index contributed by atoms with van der Waals surface area (Å²) in [6, 6.07) is 7.72. The maximum atomic E-state index is 9.04. The maximum absolute atomic E-state index is 9.04. The quantitative estimate of drug-likeness (QED) is 0.706. The molecular formula is C13H10N4O. The molecule has 5 heteroatoms. The van der Waals surface area contributed by atoms with Gasteiger partial charge in [-0.15, -0.1) is 0 Å². The van der Waals surface area contributed by atoms with Crippen LogP contribution in [0.3, 0.4) is 0 Å². The largest absolute Gasteiger partial charge is 0.441 e. The van der Waals surface area contributed by atoms with Crippen LogP contribution in [0.1, 0.15) is 17.4 Å². The van der Waals surface area contributed by atoms with Gasteiger partial charge in [0.1, 0.15) is 17.4 Å². The number of imidazole rings is 1. The predicted molar refractivity (Wildman–Crippen MR) is 65.8 cm³/mol. The summed E-state index contributed by atoms with van der Waals surface area (Å²) < 4.78 is 5.48. The topological polar surface area (TPSA) is 78.5 Å². The van der Waals surface area contributed by atoms with Crippen LogP contribution in [0.5, 0.6) is 0 Å². The van der Waals surface area contributed by atoms with Crippen LogP contribution >= 0.6 is 0 Å². The second kappa shape index (κ2) is 3.70. The summed E-state index contributed by atoms with van der Waals surface area (Å²) >= 11 is 0. The lowest BCUT2D eigenvalue weighted by atomic mass is 10.1. The molecule has 0 aliphatic carbocycles. The molecule has 0 aliphatic rings. The molecule has 88 valence electrons. The summed E-state index contributed by atoms with van der Waals surface area (Å²) in [6.45, 7) is 3.63. The summed E-state index contributed by atoms with van der Waals surface area (Å²) in [5.74, 6) is 1.35. The first-order chi connectivity index (χ1) is 8.67. The number of oxazole rings is 1. The van der Waals surface area contributed by atoms with Gasteiger partial charge in [-0.05, 0) is 19.1 Å². The SMILES string of the molecule is Cc1nc(C#N)c(-c2ccc3nc(C)oc3c2)[nH]1. The Kier molecular flexibility index (Phi) is 2.17. The number of nitrogens with zero attached hydrogens (tertiary/aromatic N) is 3. The fraction of sp³-hybridized carbons (Fsp3) is 0.154. The molecule has 0 saturated heterocycles. The third-order valence-corrected chi connectivity index (χ3v) is 2.71. The first-order valence-corrected chi connectivity index (χ1v) is 5.51. The number of aryl methyl sites for hydroxylation is 2.